The fourth-order valence-electron chi connectivity index (χ4n) is 7.97. The van der Waals surface area contributed by atoms with Gasteiger partial charge in [-0.15, -0.1) is 11.3 Å². The van der Waals surface area contributed by atoms with E-state index in [1.165, 1.54) is 17.4 Å². The van der Waals surface area contributed by atoms with Crippen LogP contribution in [0.3, 0.4) is 0 Å². The van der Waals surface area contributed by atoms with E-state index < -0.39 is 17.7 Å². The van der Waals surface area contributed by atoms with Crippen LogP contribution in [0.1, 0.15) is 42.9 Å². The normalized spacial score (nSPS) is 23.6. The van der Waals surface area contributed by atoms with Gasteiger partial charge in [-0.25, -0.2) is 8.78 Å². The third-order valence-corrected chi connectivity index (χ3v) is 11.0. The number of piperidine rings is 1. The van der Waals surface area contributed by atoms with E-state index in [4.69, 9.17) is 20.2 Å². The molecule has 4 unspecified atom stereocenters. The van der Waals surface area contributed by atoms with Gasteiger partial charge in [0.25, 0.3) is 0 Å². The third kappa shape index (κ3) is 4.61. The number of nitrogens with two attached hydrogens (primary N) is 1. The predicted molar refractivity (Wildman–Crippen MR) is 172 cm³/mol. The van der Waals surface area contributed by atoms with Gasteiger partial charge in [0.15, 0.2) is 5.82 Å². The van der Waals surface area contributed by atoms with Gasteiger partial charge in [-0.05, 0) is 63.0 Å². The smallest absolute Gasteiger partial charge is 0.319 e. The zero-order valence-corrected chi connectivity index (χ0v) is 26.5. The maximum atomic E-state index is 17.3. The molecule has 0 aliphatic carbocycles. The minimum absolute atomic E-state index is 0.00653. The maximum Gasteiger partial charge on any atom is 0.319 e. The number of piperazine rings is 1. The Morgan fingerprint density at radius 3 is 2.67 bits per heavy atom. The second-order valence-corrected chi connectivity index (χ2v) is 14.1. The number of aliphatic hydroxyl groups is 1. The molecule has 0 amide bonds. The number of halogens is 2. The first-order valence-corrected chi connectivity index (χ1v) is 16.6. The van der Waals surface area contributed by atoms with Crippen molar-refractivity contribution in [1.29, 1.82) is 5.26 Å². The van der Waals surface area contributed by atoms with Crippen molar-refractivity contribution in [2.75, 3.05) is 50.5 Å². The second kappa shape index (κ2) is 11.2. The van der Waals surface area contributed by atoms with E-state index >= 15 is 8.78 Å². The molecular weight excluding hydrogens is 612 g/mol. The molecule has 3 N–H and O–H groups in total. The van der Waals surface area contributed by atoms with Crippen LogP contribution in [0.2, 0.25) is 0 Å². The van der Waals surface area contributed by atoms with Crippen molar-refractivity contribution in [3.8, 4) is 23.2 Å². The molecule has 4 saturated heterocycles. The van der Waals surface area contributed by atoms with E-state index in [9.17, 15) is 10.4 Å². The second-order valence-electron chi connectivity index (χ2n) is 13.0. The van der Waals surface area contributed by atoms with E-state index in [0.717, 1.165) is 38.9 Å². The largest absolute Gasteiger partial charge is 0.462 e. The van der Waals surface area contributed by atoms with Crippen molar-refractivity contribution in [3.63, 3.8) is 0 Å². The van der Waals surface area contributed by atoms with Gasteiger partial charge in [-0.2, -0.15) is 15.2 Å². The zero-order valence-electron chi connectivity index (χ0n) is 25.7. The fourth-order valence-corrected chi connectivity index (χ4v) is 8.90. The van der Waals surface area contributed by atoms with Crippen molar-refractivity contribution in [2.24, 2.45) is 0 Å². The molecule has 13 heteroatoms. The third-order valence-electron chi connectivity index (χ3n) is 10.1. The average Bonchev–Trinajstić information content (AvgIpc) is 3.74. The number of ether oxygens (including phenoxy) is 2. The topological polar surface area (TPSA) is 124 Å². The Hall–Kier alpha value is -3.67. The Morgan fingerprint density at radius 2 is 1.96 bits per heavy atom. The quantitative estimate of drug-likeness (QED) is 0.299. The molecule has 4 fully saturated rings. The first kappa shape index (κ1) is 29.7. The summed E-state index contributed by atoms with van der Waals surface area (Å²) in [5.41, 5.74) is 7.61. The molecule has 0 radical (unpaired) electrons. The summed E-state index contributed by atoms with van der Waals surface area (Å²) in [5.74, 6) is -0.757. The van der Waals surface area contributed by atoms with E-state index in [1.807, 2.05) is 0 Å². The summed E-state index contributed by atoms with van der Waals surface area (Å²) in [6, 6.07) is 5.50. The van der Waals surface area contributed by atoms with Crippen molar-refractivity contribution in [1.82, 2.24) is 19.8 Å². The van der Waals surface area contributed by atoms with Crippen LogP contribution < -0.4 is 15.4 Å². The van der Waals surface area contributed by atoms with Crippen LogP contribution in [0.5, 0.6) is 6.01 Å². The minimum atomic E-state index is -0.702. The number of hydrogen-bond donors (Lipinski definition) is 2. The number of benzene rings is 2. The number of hydrogen-bond acceptors (Lipinski definition) is 11. The van der Waals surface area contributed by atoms with Crippen molar-refractivity contribution >= 4 is 43.1 Å². The summed E-state index contributed by atoms with van der Waals surface area (Å²) in [6.45, 7) is 5.49. The minimum Gasteiger partial charge on any atom is -0.462 e. The Kier molecular flexibility index (Phi) is 7.26. The van der Waals surface area contributed by atoms with Crippen LogP contribution in [0.4, 0.5) is 19.6 Å². The molecule has 10 nitrogen and oxygen atoms in total. The highest BCUT2D eigenvalue weighted by molar-refractivity contribution is 7.23. The lowest BCUT2D eigenvalue weighted by molar-refractivity contribution is 0.0652. The summed E-state index contributed by atoms with van der Waals surface area (Å²) in [4.78, 5) is 16.4. The molecule has 2 aromatic carbocycles. The molecule has 5 aliphatic rings. The number of thiophene rings is 1. The lowest BCUT2D eigenvalue weighted by Gasteiger charge is -2.57. The zero-order chi connectivity index (χ0) is 31.9. The number of anilines is 2. The van der Waals surface area contributed by atoms with Crippen LogP contribution >= 0.6 is 11.3 Å². The van der Waals surface area contributed by atoms with Gasteiger partial charge in [0.2, 0.25) is 0 Å². The average molecular weight is 648 g/mol. The van der Waals surface area contributed by atoms with Crippen LogP contribution in [0.25, 0.3) is 32.1 Å². The maximum absolute atomic E-state index is 17.3. The molecule has 4 atom stereocenters. The van der Waals surface area contributed by atoms with E-state index in [0.29, 0.717) is 45.6 Å². The van der Waals surface area contributed by atoms with Gasteiger partial charge in [0.05, 0.1) is 30.3 Å². The fraction of sp³-hybridized carbons (Fsp3) is 0.485. The summed E-state index contributed by atoms with van der Waals surface area (Å²) in [5, 5.41) is 21.1. The number of aromatic nitrogens is 2. The highest BCUT2D eigenvalue weighted by Crippen LogP contribution is 2.49. The summed E-state index contributed by atoms with van der Waals surface area (Å²) in [7, 11) is 2.06. The lowest BCUT2D eigenvalue weighted by Crippen LogP contribution is -2.69. The number of fused-ring (bicyclic) bond motifs is 6. The van der Waals surface area contributed by atoms with Crippen LogP contribution in [0.15, 0.2) is 12.1 Å². The number of likely N-dealkylation sites (tertiary alicyclic amines) is 1. The van der Waals surface area contributed by atoms with Gasteiger partial charge in [-0.1, -0.05) is 0 Å². The first-order valence-electron chi connectivity index (χ1n) is 15.8. The van der Waals surface area contributed by atoms with Gasteiger partial charge in [0.1, 0.15) is 34.8 Å². The molecule has 4 aromatic rings. The first-order chi connectivity index (χ1) is 22.2. The Morgan fingerprint density at radius 1 is 1.17 bits per heavy atom. The monoisotopic (exact) mass is 647 g/mol. The number of aliphatic hydroxyl groups excluding tert-OH is 1. The van der Waals surface area contributed by atoms with E-state index in [2.05, 4.69) is 32.8 Å². The standard InChI is InChI=1S/C33H35F2N7O3S/c1-16(43)10-41-11-18-8-19(12-41)42(18)32-27-22-15-44-14-21(22)26(28-23(34)5-6-24-25(28)20(9-36)31(37)46-24)29(35)30(27)38-33(39-32)45-13-17-4-3-7-40(17)2/h5-6,16-19,43H,3-4,7-8,10-15,37H2,1-2H3. The van der Waals surface area contributed by atoms with Crippen LogP contribution in [0, 0.1) is 23.0 Å². The molecule has 5 aliphatic heterocycles. The Labute approximate surface area is 268 Å². The van der Waals surface area contributed by atoms with Crippen molar-refractivity contribution < 1.29 is 23.4 Å². The molecule has 0 spiro atoms. The van der Waals surface area contributed by atoms with E-state index in [-0.39, 0.29) is 64.6 Å². The van der Waals surface area contributed by atoms with Crippen LogP contribution in [-0.4, -0.2) is 88.9 Å². The van der Waals surface area contributed by atoms with Gasteiger partial charge >= 0.3 is 6.01 Å². The molecular formula is C33H35F2N7O3S. The Balaban J connectivity index is 1.33. The lowest BCUT2D eigenvalue weighted by atomic mass is 9.85. The SMILES string of the molecule is CC(O)CN1CC2CC(C1)N2c1nc(OCC2CCCN2C)nc2c(F)c(-c3c(F)ccc4sc(N)c(C#N)c34)c3c(c12)COC3. The van der Waals surface area contributed by atoms with Gasteiger partial charge in [-0.3, -0.25) is 4.90 Å². The van der Waals surface area contributed by atoms with E-state index in [1.54, 1.807) is 13.0 Å². The molecule has 46 heavy (non-hydrogen) atoms. The highest BCUT2D eigenvalue weighted by atomic mass is 32.1. The number of nitrogen functional groups attached to an aromatic ring is 1. The number of nitriles is 1. The molecule has 7 heterocycles. The van der Waals surface area contributed by atoms with Crippen molar-refractivity contribution in [2.45, 2.75) is 63.6 Å². The molecule has 0 saturated carbocycles. The number of likely N-dealkylation sites (N-methyl/N-ethyl adjacent to an activating group) is 1. The predicted octanol–water partition coefficient (Wildman–Crippen LogP) is 4.39. The molecule has 240 valence electrons. The summed E-state index contributed by atoms with van der Waals surface area (Å²) in [6.07, 6.45) is 2.60. The molecule has 2 bridgehead atoms. The number of rotatable bonds is 7. The van der Waals surface area contributed by atoms with Crippen LogP contribution in [-0.2, 0) is 18.0 Å². The summed E-state index contributed by atoms with van der Waals surface area (Å²) >= 11 is 1.17. The van der Waals surface area contributed by atoms with Crippen molar-refractivity contribution in [3.05, 3.63) is 40.5 Å². The summed E-state index contributed by atoms with van der Waals surface area (Å²) < 4.78 is 45.9. The highest BCUT2D eigenvalue weighted by Gasteiger charge is 2.47. The Bertz CT molecular complexity index is 1920. The van der Waals surface area contributed by atoms with Gasteiger partial charge < -0.3 is 30.1 Å². The number of nitrogens with zero attached hydrogens (tertiary/aromatic N) is 6. The molecule has 2 aromatic heterocycles. The van der Waals surface area contributed by atoms with Gasteiger partial charge in [0, 0.05) is 59.0 Å². The molecule has 9 rings (SSSR count).